The molecule has 16 rings (SSSR count). The Morgan fingerprint density at radius 1 is 0.256 bits per heavy atom. The van der Waals surface area contributed by atoms with Crippen molar-refractivity contribution in [2.24, 2.45) is 0 Å². The summed E-state index contributed by atoms with van der Waals surface area (Å²) in [6.07, 6.45) is 3.69. The Hall–Kier alpha value is -11.2. The minimum Gasteiger partial charge on any atom is -0.310 e. The third kappa shape index (κ3) is 7.92. The fraction of sp³-hybridized carbons (Fsp3) is 0. The number of aromatic nitrogens is 6. The van der Waals surface area contributed by atoms with Gasteiger partial charge >= 0.3 is 0 Å². The number of hydrogen-bond donors (Lipinski definition) is 0. The maximum Gasteiger partial charge on any atom is 0.0973 e. The molecule has 0 saturated carbocycles. The van der Waals surface area contributed by atoms with Crippen LogP contribution in [0.2, 0.25) is 0 Å². The van der Waals surface area contributed by atoms with Crippen molar-refractivity contribution in [3.05, 3.63) is 291 Å². The summed E-state index contributed by atoms with van der Waals surface area (Å²) in [7, 11) is 0. The van der Waals surface area contributed by atoms with Crippen LogP contribution in [0.3, 0.4) is 0 Å². The molecule has 8 heteroatoms. The van der Waals surface area contributed by atoms with Crippen molar-refractivity contribution in [1.29, 1.82) is 0 Å². The fourth-order valence-electron chi connectivity index (χ4n) is 12.1. The molecule has 82 heavy (non-hydrogen) atoms. The number of benzene rings is 11. The number of rotatable bonds is 10. The van der Waals surface area contributed by atoms with Gasteiger partial charge in [-0.2, -0.15) is 0 Å². The number of nitrogens with zero attached hydrogens (tertiary/aromatic N) is 8. The molecule has 0 aliphatic heterocycles. The number of para-hydroxylation sites is 6. The maximum atomic E-state index is 5.37. The fourth-order valence-corrected chi connectivity index (χ4v) is 12.1. The van der Waals surface area contributed by atoms with Crippen LogP contribution in [0.5, 0.6) is 0 Å². The van der Waals surface area contributed by atoms with Crippen LogP contribution in [-0.2, 0) is 0 Å². The predicted molar refractivity (Wildman–Crippen MR) is 339 cm³/mol. The minimum atomic E-state index is 0.802. The lowest BCUT2D eigenvalue weighted by Crippen LogP contribution is -2.10. The number of anilines is 6. The van der Waals surface area contributed by atoms with Gasteiger partial charge in [-0.1, -0.05) is 121 Å². The van der Waals surface area contributed by atoms with Crippen LogP contribution in [0.4, 0.5) is 34.1 Å². The average molecular weight is 1050 g/mol. The molecule has 0 N–H and O–H groups in total. The highest BCUT2D eigenvalue weighted by molar-refractivity contribution is 6.10. The van der Waals surface area contributed by atoms with Gasteiger partial charge in [0.2, 0.25) is 0 Å². The van der Waals surface area contributed by atoms with Crippen LogP contribution in [0.25, 0.3) is 110 Å². The van der Waals surface area contributed by atoms with Crippen molar-refractivity contribution in [2.45, 2.75) is 0 Å². The largest absolute Gasteiger partial charge is 0.310 e. The van der Waals surface area contributed by atoms with Crippen LogP contribution >= 0.6 is 0 Å². The number of hydrogen-bond acceptors (Lipinski definition) is 6. The molecule has 0 amide bonds. The first-order valence-corrected chi connectivity index (χ1v) is 27.6. The summed E-state index contributed by atoms with van der Waals surface area (Å²) in [6, 6.07) is 99.1. The Morgan fingerprint density at radius 2 is 0.573 bits per heavy atom. The second kappa shape index (κ2) is 19.3. The van der Waals surface area contributed by atoms with E-state index in [4.69, 9.17) is 9.97 Å². The van der Waals surface area contributed by atoms with Gasteiger partial charge in [-0.15, -0.1) is 0 Å². The van der Waals surface area contributed by atoms with Crippen LogP contribution in [0, 0.1) is 0 Å². The zero-order chi connectivity index (χ0) is 54.1. The van der Waals surface area contributed by atoms with Gasteiger partial charge in [-0.3, -0.25) is 9.97 Å². The molecule has 11 aromatic carbocycles. The summed E-state index contributed by atoms with van der Waals surface area (Å²) in [6.45, 7) is 0. The molecule has 16 aromatic rings. The summed E-state index contributed by atoms with van der Waals surface area (Å²) in [4.78, 5) is 24.7. The lowest BCUT2D eigenvalue weighted by molar-refractivity contribution is 1.17. The third-order valence-corrected chi connectivity index (χ3v) is 16.0. The van der Waals surface area contributed by atoms with Gasteiger partial charge in [0.1, 0.15) is 0 Å². The molecule has 0 bridgehead atoms. The van der Waals surface area contributed by atoms with Crippen LogP contribution in [0.15, 0.2) is 291 Å². The summed E-state index contributed by atoms with van der Waals surface area (Å²) in [5.41, 5.74) is 20.1. The van der Waals surface area contributed by atoms with E-state index in [9.17, 15) is 0 Å². The lowest BCUT2D eigenvalue weighted by Gasteiger charge is -2.26. The van der Waals surface area contributed by atoms with Gasteiger partial charge < -0.3 is 18.9 Å². The molecule has 384 valence electrons. The highest BCUT2D eigenvalue weighted by Crippen LogP contribution is 2.42. The maximum absolute atomic E-state index is 5.37. The van der Waals surface area contributed by atoms with E-state index < -0.39 is 0 Å². The monoisotopic (exact) mass is 1050 g/mol. The molecule has 0 saturated heterocycles. The Morgan fingerprint density at radius 3 is 0.939 bits per heavy atom. The normalized spacial score (nSPS) is 11.7. The first-order valence-electron chi connectivity index (χ1n) is 27.6. The van der Waals surface area contributed by atoms with Crippen LogP contribution in [0.1, 0.15) is 0 Å². The average Bonchev–Trinajstić information content (AvgIpc) is 4.29. The highest BCUT2D eigenvalue weighted by atomic mass is 15.1. The molecular formula is C74H48N8. The molecule has 0 radical (unpaired) electrons. The van der Waals surface area contributed by atoms with E-state index in [1.165, 1.54) is 43.6 Å². The molecule has 0 unspecified atom stereocenters. The van der Waals surface area contributed by atoms with E-state index in [0.717, 1.165) is 101 Å². The van der Waals surface area contributed by atoms with Crippen molar-refractivity contribution in [3.8, 4) is 33.9 Å². The summed E-state index contributed by atoms with van der Waals surface area (Å²) in [5, 5.41) is 7.08. The van der Waals surface area contributed by atoms with Gasteiger partial charge in [-0.05, 0) is 158 Å². The van der Waals surface area contributed by atoms with Crippen LogP contribution < -0.4 is 9.80 Å². The third-order valence-electron chi connectivity index (χ3n) is 16.0. The molecule has 0 fully saturated rings. The Bertz CT molecular complexity index is 4670. The van der Waals surface area contributed by atoms with E-state index >= 15 is 0 Å². The Labute approximate surface area is 472 Å². The minimum absolute atomic E-state index is 0.802. The first kappa shape index (κ1) is 46.8. The van der Waals surface area contributed by atoms with Crippen LogP contribution in [-0.4, -0.2) is 29.1 Å². The van der Waals surface area contributed by atoms with Gasteiger partial charge in [0, 0.05) is 101 Å². The summed E-state index contributed by atoms with van der Waals surface area (Å²) in [5.74, 6) is 0. The van der Waals surface area contributed by atoms with Crippen molar-refractivity contribution >= 4 is 111 Å². The molecule has 0 aliphatic rings. The SMILES string of the molecule is c1cnc2ccc(N(c3ccc(-c4nc5ccccc5nc4-c4ccc(N(c5ccc(-n6c7ccccc7c7ccccc76)cc5)c5ccc6ncccc6c5)cc4)cc3)c3ccc(-n4c5ccccc5c5ccccc54)cc3)cc2c1. The zero-order valence-corrected chi connectivity index (χ0v) is 44.3. The Balaban J connectivity index is 0.777. The Kier molecular flexibility index (Phi) is 11.0. The van der Waals surface area contributed by atoms with E-state index in [1.807, 2.05) is 48.8 Å². The molecule has 0 spiro atoms. The predicted octanol–water partition coefficient (Wildman–Crippen LogP) is 19.2. The molecule has 0 aliphatic carbocycles. The second-order valence-electron chi connectivity index (χ2n) is 20.7. The van der Waals surface area contributed by atoms with Crippen molar-refractivity contribution < 1.29 is 0 Å². The lowest BCUT2D eigenvalue weighted by atomic mass is 10.0. The highest BCUT2D eigenvalue weighted by Gasteiger charge is 2.21. The molecule has 5 aromatic heterocycles. The van der Waals surface area contributed by atoms with Crippen molar-refractivity contribution in [1.82, 2.24) is 29.1 Å². The van der Waals surface area contributed by atoms with Crippen molar-refractivity contribution in [2.75, 3.05) is 9.80 Å². The molecular weight excluding hydrogens is 1000 g/mol. The smallest absolute Gasteiger partial charge is 0.0973 e. The van der Waals surface area contributed by atoms with E-state index in [1.54, 1.807) is 0 Å². The van der Waals surface area contributed by atoms with E-state index in [-0.39, 0.29) is 0 Å². The van der Waals surface area contributed by atoms with Gasteiger partial charge in [0.05, 0.1) is 55.5 Å². The number of fused-ring (bicyclic) bond motifs is 9. The molecule has 0 atom stereocenters. The van der Waals surface area contributed by atoms with E-state index in [2.05, 4.69) is 272 Å². The first-order chi connectivity index (χ1) is 40.6. The quantitative estimate of drug-likeness (QED) is 0.136. The topological polar surface area (TPSA) is 67.9 Å². The summed E-state index contributed by atoms with van der Waals surface area (Å²) < 4.78 is 4.71. The standard InChI is InChI=1S/C74H48N8/c1-7-21-69-61(15-1)62-16-2-8-22-70(62)81(69)57-37-33-55(34-38-57)79(59-41-43-65-51(47-59)13-11-45-75-65)53-29-25-49(26-30-53)73-74(78-68-20-6-5-19-67(68)77-73)50-27-31-54(32-28-50)80(60-42-44-66-52(48-60)14-12-46-76-66)56-35-39-58(40-36-56)82-71-23-9-3-17-63(71)64-18-4-10-24-72(64)82/h1-48H. The van der Waals surface area contributed by atoms with Gasteiger partial charge in [0.25, 0.3) is 0 Å². The molecule has 5 heterocycles. The van der Waals surface area contributed by atoms with Gasteiger partial charge in [0.15, 0.2) is 0 Å². The van der Waals surface area contributed by atoms with Crippen molar-refractivity contribution in [3.63, 3.8) is 0 Å². The molecule has 8 nitrogen and oxygen atoms in total. The van der Waals surface area contributed by atoms with E-state index in [0.29, 0.717) is 0 Å². The second-order valence-corrected chi connectivity index (χ2v) is 20.7. The summed E-state index contributed by atoms with van der Waals surface area (Å²) >= 11 is 0. The number of pyridine rings is 2. The zero-order valence-electron chi connectivity index (χ0n) is 44.3. The van der Waals surface area contributed by atoms with Gasteiger partial charge in [-0.25, -0.2) is 9.97 Å².